The second-order valence-electron chi connectivity index (χ2n) is 7.55. The summed E-state index contributed by atoms with van der Waals surface area (Å²) in [6, 6.07) is 19.3. The molecule has 0 spiro atoms. The molecule has 162 valence electrons. The molecule has 2 aromatic carbocycles. The van der Waals surface area contributed by atoms with Crippen LogP contribution in [-0.4, -0.2) is 30.4 Å². The highest BCUT2D eigenvalue weighted by Crippen LogP contribution is 2.23. The van der Waals surface area contributed by atoms with E-state index in [-0.39, 0.29) is 11.9 Å². The zero-order valence-corrected chi connectivity index (χ0v) is 17.9. The van der Waals surface area contributed by atoms with Gasteiger partial charge in [-0.3, -0.25) is 19.3 Å². The van der Waals surface area contributed by atoms with Gasteiger partial charge in [-0.1, -0.05) is 30.3 Å². The number of amides is 1. The number of nitrogens with zero attached hydrogens (tertiary/aromatic N) is 5. The fraction of sp³-hybridized carbons (Fsp3) is 0.0800. The fourth-order valence-corrected chi connectivity index (χ4v) is 3.56. The van der Waals surface area contributed by atoms with Crippen molar-refractivity contribution >= 4 is 28.4 Å². The molecule has 5 aromatic rings. The van der Waals surface area contributed by atoms with E-state index in [1.54, 1.807) is 37.1 Å². The van der Waals surface area contributed by atoms with Crippen molar-refractivity contribution < 1.29 is 4.79 Å². The second-order valence-corrected chi connectivity index (χ2v) is 7.55. The minimum Gasteiger partial charge on any atom is -0.362 e. The van der Waals surface area contributed by atoms with Gasteiger partial charge in [0.2, 0.25) is 0 Å². The van der Waals surface area contributed by atoms with E-state index in [4.69, 9.17) is 4.98 Å². The van der Waals surface area contributed by atoms with Crippen molar-refractivity contribution in [3.8, 4) is 5.82 Å². The van der Waals surface area contributed by atoms with E-state index in [1.807, 2.05) is 41.0 Å². The topological polar surface area (TPSA) is 97.6 Å². The number of pyridine rings is 1. The van der Waals surface area contributed by atoms with E-state index in [2.05, 4.69) is 44.6 Å². The molecule has 0 aliphatic heterocycles. The van der Waals surface area contributed by atoms with Gasteiger partial charge in [0.1, 0.15) is 12.1 Å². The maximum atomic E-state index is 12.4. The number of carbonyl (C=O) groups is 1. The maximum Gasteiger partial charge on any atom is 0.257 e. The minimum absolute atomic E-state index is 0.0845. The van der Waals surface area contributed by atoms with Crippen LogP contribution < -0.4 is 10.6 Å². The number of hydrogen-bond acceptors (Lipinski definition) is 6. The van der Waals surface area contributed by atoms with Gasteiger partial charge in [-0.25, -0.2) is 9.97 Å². The van der Waals surface area contributed by atoms with Crippen LogP contribution in [0.15, 0.2) is 91.8 Å². The molecule has 0 aliphatic carbocycles. The molecule has 0 bridgehead atoms. The Hall–Kier alpha value is -4.59. The van der Waals surface area contributed by atoms with Crippen LogP contribution in [0.1, 0.15) is 28.9 Å². The summed E-state index contributed by atoms with van der Waals surface area (Å²) >= 11 is 0. The Morgan fingerprint density at radius 3 is 2.67 bits per heavy atom. The van der Waals surface area contributed by atoms with Gasteiger partial charge in [-0.05, 0) is 42.8 Å². The molecule has 0 saturated heterocycles. The smallest absolute Gasteiger partial charge is 0.257 e. The molecular formula is C25H21N7O. The van der Waals surface area contributed by atoms with Gasteiger partial charge >= 0.3 is 0 Å². The van der Waals surface area contributed by atoms with Crippen LogP contribution in [0.2, 0.25) is 0 Å². The molecule has 3 heterocycles. The molecule has 1 atom stereocenters. The highest BCUT2D eigenvalue weighted by atomic mass is 16.1. The van der Waals surface area contributed by atoms with E-state index in [0.29, 0.717) is 22.9 Å². The highest BCUT2D eigenvalue weighted by molar-refractivity contribution is 6.04. The van der Waals surface area contributed by atoms with Crippen molar-refractivity contribution in [2.45, 2.75) is 13.0 Å². The first-order chi connectivity index (χ1) is 16.2. The molecule has 5 rings (SSSR count). The molecule has 33 heavy (non-hydrogen) atoms. The zero-order chi connectivity index (χ0) is 22.6. The Kier molecular flexibility index (Phi) is 5.47. The van der Waals surface area contributed by atoms with E-state index in [1.165, 1.54) is 11.8 Å². The highest BCUT2D eigenvalue weighted by Gasteiger charge is 2.11. The Labute approximate surface area is 190 Å². The normalized spacial score (nSPS) is 11.8. The fourth-order valence-electron chi connectivity index (χ4n) is 3.56. The average Bonchev–Trinajstić information content (AvgIpc) is 3.28. The van der Waals surface area contributed by atoms with Crippen molar-refractivity contribution in [2.24, 2.45) is 0 Å². The van der Waals surface area contributed by atoms with Crippen molar-refractivity contribution in [3.63, 3.8) is 0 Å². The van der Waals surface area contributed by atoms with Gasteiger partial charge in [0.25, 0.3) is 5.91 Å². The van der Waals surface area contributed by atoms with Crippen molar-refractivity contribution in [1.82, 2.24) is 24.5 Å². The number of imidazole rings is 1. The SMILES string of the molecule is CC(Nc1cncc(-n2cnc3cc(NC(=O)c4cccnc4)ccc32)n1)c1ccccc1. The summed E-state index contributed by atoms with van der Waals surface area (Å²) in [6.45, 7) is 2.08. The molecule has 8 heteroatoms. The molecule has 1 unspecified atom stereocenters. The number of benzene rings is 2. The second kappa shape index (κ2) is 8.88. The van der Waals surface area contributed by atoms with E-state index >= 15 is 0 Å². The summed E-state index contributed by atoms with van der Waals surface area (Å²) in [4.78, 5) is 29.9. The van der Waals surface area contributed by atoms with Crippen LogP contribution in [-0.2, 0) is 0 Å². The molecular weight excluding hydrogens is 414 g/mol. The van der Waals surface area contributed by atoms with Crippen LogP contribution in [0.25, 0.3) is 16.9 Å². The molecule has 3 aromatic heterocycles. The van der Waals surface area contributed by atoms with Crippen LogP contribution in [0, 0.1) is 0 Å². The van der Waals surface area contributed by atoms with Gasteiger partial charge in [-0.15, -0.1) is 0 Å². The van der Waals surface area contributed by atoms with Gasteiger partial charge < -0.3 is 10.6 Å². The van der Waals surface area contributed by atoms with Crippen LogP contribution in [0.3, 0.4) is 0 Å². The first-order valence-electron chi connectivity index (χ1n) is 10.5. The van der Waals surface area contributed by atoms with Crippen molar-refractivity contribution in [2.75, 3.05) is 10.6 Å². The number of hydrogen-bond donors (Lipinski definition) is 2. The van der Waals surface area contributed by atoms with E-state index < -0.39 is 0 Å². The summed E-state index contributed by atoms with van der Waals surface area (Å²) in [7, 11) is 0. The number of aromatic nitrogens is 5. The molecule has 8 nitrogen and oxygen atoms in total. The van der Waals surface area contributed by atoms with Crippen molar-refractivity contribution in [3.05, 3.63) is 103 Å². The quantitative estimate of drug-likeness (QED) is 0.403. The third-order valence-electron chi connectivity index (χ3n) is 5.26. The van der Waals surface area contributed by atoms with Gasteiger partial charge in [-0.2, -0.15) is 0 Å². The van der Waals surface area contributed by atoms with Crippen molar-refractivity contribution in [1.29, 1.82) is 0 Å². The summed E-state index contributed by atoms with van der Waals surface area (Å²) in [5.74, 6) is 1.10. The Bertz CT molecular complexity index is 1400. The lowest BCUT2D eigenvalue weighted by molar-refractivity contribution is 0.102. The molecule has 0 saturated carbocycles. The number of fused-ring (bicyclic) bond motifs is 1. The minimum atomic E-state index is -0.223. The maximum absolute atomic E-state index is 12.4. The lowest BCUT2D eigenvalue weighted by Gasteiger charge is -2.15. The molecule has 0 fully saturated rings. The molecule has 2 N–H and O–H groups in total. The van der Waals surface area contributed by atoms with Gasteiger partial charge in [0, 0.05) is 24.1 Å². The molecule has 1 amide bonds. The lowest BCUT2D eigenvalue weighted by atomic mass is 10.1. The summed E-state index contributed by atoms with van der Waals surface area (Å²) in [5.41, 5.74) is 3.90. The summed E-state index contributed by atoms with van der Waals surface area (Å²) in [5, 5.41) is 6.27. The van der Waals surface area contributed by atoms with Crippen LogP contribution >= 0.6 is 0 Å². The first kappa shape index (κ1) is 20.3. The third-order valence-corrected chi connectivity index (χ3v) is 5.26. The molecule has 0 aliphatic rings. The lowest BCUT2D eigenvalue weighted by Crippen LogP contribution is -2.11. The Balaban J connectivity index is 1.37. The van der Waals surface area contributed by atoms with E-state index in [9.17, 15) is 4.79 Å². The largest absolute Gasteiger partial charge is 0.362 e. The predicted octanol–water partition coefficient (Wildman–Crippen LogP) is 4.64. The van der Waals surface area contributed by atoms with Crippen LogP contribution in [0.4, 0.5) is 11.5 Å². The van der Waals surface area contributed by atoms with Crippen LogP contribution in [0.5, 0.6) is 0 Å². The number of anilines is 2. The van der Waals surface area contributed by atoms with E-state index in [0.717, 1.165) is 11.0 Å². The Morgan fingerprint density at radius 2 is 1.85 bits per heavy atom. The third kappa shape index (κ3) is 4.40. The zero-order valence-electron chi connectivity index (χ0n) is 17.9. The van der Waals surface area contributed by atoms with Gasteiger partial charge in [0.15, 0.2) is 5.82 Å². The Morgan fingerprint density at radius 1 is 0.970 bits per heavy atom. The number of carbonyl (C=O) groups excluding carboxylic acids is 1. The predicted molar refractivity (Wildman–Crippen MR) is 127 cm³/mol. The average molecular weight is 435 g/mol. The van der Waals surface area contributed by atoms with Gasteiger partial charge in [0.05, 0.1) is 29.0 Å². The first-order valence-corrected chi connectivity index (χ1v) is 10.5. The molecule has 0 radical (unpaired) electrons. The summed E-state index contributed by atoms with van der Waals surface area (Å²) < 4.78 is 1.87. The summed E-state index contributed by atoms with van der Waals surface area (Å²) in [6.07, 6.45) is 8.25. The number of nitrogens with one attached hydrogen (secondary N) is 2. The monoisotopic (exact) mass is 435 g/mol. The number of rotatable bonds is 6. The standard InChI is InChI=1S/C25H21N7O/c1-17(18-6-3-2-4-7-18)29-23-14-27-15-24(31-23)32-16-28-21-12-20(9-10-22(21)32)30-25(33)19-8-5-11-26-13-19/h2-17H,1H3,(H,29,31)(H,30,33).